The molecule has 0 radical (unpaired) electrons. The van der Waals surface area contributed by atoms with E-state index in [4.69, 9.17) is 41.2 Å². The first-order valence-electron chi connectivity index (χ1n) is 16.9. The zero-order valence-corrected chi connectivity index (χ0v) is 31.1. The maximum atomic E-state index is 13.7. The zero-order valence-electron chi connectivity index (χ0n) is 30.2. The average molecular weight is 757 g/mol. The molecule has 0 saturated carbocycles. The van der Waals surface area contributed by atoms with E-state index in [1.807, 2.05) is 36.4 Å². The van der Waals surface area contributed by atoms with Gasteiger partial charge in [-0.25, -0.2) is 4.79 Å². The quantitative estimate of drug-likeness (QED) is 0.120. The van der Waals surface area contributed by atoms with Crippen molar-refractivity contribution < 1.29 is 46.4 Å². The standard InChI is InChI=1S/C38H43F3N4O7S/c1-36(2,3)52-34(47)43-16-17-48-18-19-49-20-21-50-22-23-51-31-14-9-27(10-15-31)26-6-11-29(12-7-26)45-35(53)44(33(46)37(45,4)5)30-13-8-28(25-42)32(24-30)38(39,40)41/h6-15,24H,16-23H2,1-5H3,(H,43,47). The molecule has 0 aliphatic carbocycles. The third kappa shape index (κ3) is 11.1. The van der Waals surface area contributed by atoms with Gasteiger partial charge in [-0.3, -0.25) is 9.69 Å². The molecule has 0 spiro atoms. The SMILES string of the molecule is CC(C)(C)OC(=O)NCCOCCOCCOCCOc1ccc(-c2ccc(N3C(=S)N(c4ccc(C#N)c(C(F)(F)F)c4)C(=O)C3(C)C)cc2)cc1. The molecule has 11 nitrogen and oxygen atoms in total. The van der Waals surface area contributed by atoms with Crippen LogP contribution in [0.3, 0.4) is 0 Å². The highest BCUT2D eigenvalue weighted by atomic mass is 32.1. The molecule has 1 fully saturated rings. The number of alkyl carbamates (subject to hydrolysis) is 1. The number of nitrogens with one attached hydrogen (secondary N) is 1. The van der Waals surface area contributed by atoms with Crippen LogP contribution in [-0.4, -0.2) is 81.0 Å². The first-order chi connectivity index (χ1) is 25.0. The molecule has 1 saturated heterocycles. The molecule has 3 aromatic carbocycles. The normalized spacial score (nSPS) is 14.3. The van der Waals surface area contributed by atoms with Crippen LogP contribution in [0.4, 0.5) is 29.3 Å². The number of amides is 2. The van der Waals surface area contributed by atoms with E-state index >= 15 is 0 Å². The molecule has 0 bridgehead atoms. The Morgan fingerprint density at radius 3 is 1.91 bits per heavy atom. The van der Waals surface area contributed by atoms with Crippen LogP contribution in [0.25, 0.3) is 11.1 Å². The summed E-state index contributed by atoms with van der Waals surface area (Å²) in [5.41, 5.74) is -1.09. The van der Waals surface area contributed by atoms with Crippen molar-refractivity contribution in [2.45, 2.75) is 51.9 Å². The van der Waals surface area contributed by atoms with Crippen LogP contribution in [0.5, 0.6) is 5.75 Å². The Hall–Kier alpha value is -4.75. The van der Waals surface area contributed by atoms with Crippen molar-refractivity contribution in [3.63, 3.8) is 0 Å². The topological polar surface area (TPSA) is 123 Å². The van der Waals surface area contributed by atoms with Gasteiger partial charge < -0.3 is 33.9 Å². The fraction of sp³-hybridized carbons (Fsp3) is 0.421. The summed E-state index contributed by atoms with van der Waals surface area (Å²) >= 11 is 5.64. The number of rotatable bonds is 16. The highest BCUT2D eigenvalue weighted by molar-refractivity contribution is 7.81. The Balaban J connectivity index is 1.19. The molecule has 1 N–H and O–H groups in total. The lowest BCUT2D eigenvalue weighted by Crippen LogP contribution is -2.44. The summed E-state index contributed by atoms with van der Waals surface area (Å²) in [6.45, 7) is 11.7. The van der Waals surface area contributed by atoms with Crippen LogP contribution in [0, 0.1) is 11.3 Å². The fourth-order valence-electron chi connectivity index (χ4n) is 5.31. The molecular weight excluding hydrogens is 714 g/mol. The van der Waals surface area contributed by atoms with Crippen molar-refractivity contribution in [3.8, 4) is 22.9 Å². The van der Waals surface area contributed by atoms with E-state index in [0.29, 0.717) is 64.2 Å². The second-order valence-electron chi connectivity index (χ2n) is 13.3. The van der Waals surface area contributed by atoms with Gasteiger partial charge in [0.1, 0.15) is 23.5 Å². The van der Waals surface area contributed by atoms with E-state index < -0.39 is 40.4 Å². The number of hydrogen-bond acceptors (Lipinski definition) is 9. The van der Waals surface area contributed by atoms with Crippen LogP contribution < -0.4 is 19.9 Å². The Labute approximate surface area is 312 Å². The first kappa shape index (κ1) is 41.0. The molecule has 53 heavy (non-hydrogen) atoms. The third-order valence-electron chi connectivity index (χ3n) is 7.82. The van der Waals surface area contributed by atoms with Crippen molar-refractivity contribution in [2.75, 3.05) is 62.6 Å². The molecule has 2 amide bonds. The summed E-state index contributed by atoms with van der Waals surface area (Å²) in [5.74, 6) is 0.172. The van der Waals surface area contributed by atoms with E-state index in [2.05, 4.69) is 5.32 Å². The van der Waals surface area contributed by atoms with E-state index in [9.17, 15) is 22.8 Å². The van der Waals surface area contributed by atoms with Gasteiger partial charge in [0.05, 0.1) is 62.5 Å². The van der Waals surface area contributed by atoms with Crippen LogP contribution in [-0.2, 0) is 29.9 Å². The van der Waals surface area contributed by atoms with E-state index in [-0.39, 0.29) is 10.8 Å². The van der Waals surface area contributed by atoms with Gasteiger partial charge in [-0.2, -0.15) is 18.4 Å². The van der Waals surface area contributed by atoms with E-state index in [0.717, 1.165) is 28.2 Å². The lowest BCUT2D eigenvalue weighted by molar-refractivity contribution is -0.137. The lowest BCUT2D eigenvalue weighted by Gasteiger charge is -2.29. The van der Waals surface area contributed by atoms with Crippen molar-refractivity contribution in [1.29, 1.82) is 5.26 Å². The number of nitriles is 1. The van der Waals surface area contributed by atoms with Crippen molar-refractivity contribution in [1.82, 2.24) is 5.32 Å². The number of thiocarbonyl (C=S) groups is 1. The molecule has 15 heteroatoms. The van der Waals surface area contributed by atoms with Gasteiger partial charge in [0, 0.05) is 12.2 Å². The van der Waals surface area contributed by atoms with Gasteiger partial charge >= 0.3 is 12.3 Å². The molecule has 1 heterocycles. The molecule has 284 valence electrons. The summed E-state index contributed by atoms with van der Waals surface area (Å²) in [5, 5.41) is 11.8. The van der Waals surface area contributed by atoms with E-state index in [1.165, 1.54) is 6.07 Å². The summed E-state index contributed by atoms with van der Waals surface area (Å²) < 4.78 is 68.3. The molecule has 0 atom stereocenters. The number of benzene rings is 3. The molecule has 4 rings (SSSR count). The molecule has 3 aromatic rings. The summed E-state index contributed by atoms with van der Waals surface area (Å²) in [4.78, 5) is 27.8. The second kappa shape index (κ2) is 17.8. The van der Waals surface area contributed by atoms with Crippen molar-refractivity contribution in [3.05, 3.63) is 77.9 Å². The molecular formula is C38H43F3N4O7S. The number of alkyl halides is 3. The molecule has 0 unspecified atom stereocenters. The zero-order chi connectivity index (χ0) is 38.8. The van der Waals surface area contributed by atoms with Gasteiger partial charge in [-0.05, 0) is 100 Å². The number of nitrogens with zero attached hydrogens (tertiary/aromatic N) is 3. The smallest absolute Gasteiger partial charge is 0.417 e. The van der Waals surface area contributed by atoms with Crippen molar-refractivity contribution >= 4 is 40.7 Å². The predicted molar refractivity (Wildman–Crippen MR) is 197 cm³/mol. The Kier molecular flexibility index (Phi) is 13.8. The largest absolute Gasteiger partial charge is 0.491 e. The maximum absolute atomic E-state index is 13.7. The number of carbonyl (C=O) groups is 2. The predicted octanol–water partition coefficient (Wildman–Crippen LogP) is 7.11. The van der Waals surface area contributed by atoms with Crippen molar-refractivity contribution in [2.24, 2.45) is 0 Å². The minimum absolute atomic E-state index is 0.0244. The average Bonchev–Trinajstić information content (AvgIpc) is 3.27. The minimum atomic E-state index is -4.78. The van der Waals surface area contributed by atoms with Crippen LogP contribution in [0.2, 0.25) is 0 Å². The number of hydrogen-bond donors (Lipinski definition) is 1. The highest BCUT2D eigenvalue weighted by Crippen LogP contribution is 2.40. The van der Waals surface area contributed by atoms with Crippen LogP contribution in [0.15, 0.2) is 66.7 Å². The Bertz CT molecular complexity index is 1770. The monoisotopic (exact) mass is 756 g/mol. The minimum Gasteiger partial charge on any atom is -0.491 e. The van der Waals surface area contributed by atoms with Gasteiger partial charge in [-0.1, -0.05) is 24.3 Å². The number of halogens is 3. The van der Waals surface area contributed by atoms with Crippen LogP contribution >= 0.6 is 12.2 Å². The molecule has 0 aromatic heterocycles. The number of ether oxygens (including phenoxy) is 5. The van der Waals surface area contributed by atoms with Gasteiger partial charge in [0.25, 0.3) is 5.91 Å². The van der Waals surface area contributed by atoms with Crippen LogP contribution in [0.1, 0.15) is 45.7 Å². The second-order valence-corrected chi connectivity index (χ2v) is 13.7. The summed E-state index contributed by atoms with van der Waals surface area (Å²) in [6, 6.07) is 19.5. The van der Waals surface area contributed by atoms with Gasteiger partial charge in [0.15, 0.2) is 5.11 Å². The number of anilines is 2. The Morgan fingerprint density at radius 2 is 1.36 bits per heavy atom. The fourth-order valence-corrected chi connectivity index (χ4v) is 5.83. The van der Waals surface area contributed by atoms with E-state index in [1.54, 1.807) is 57.7 Å². The molecule has 1 aliphatic heterocycles. The lowest BCUT2D eigenvalue weighted by atomic mass is 10.0. The van der Waals surface area contributed by atoms with Gasteiger partial charge in [0.2, 0.25) is 0 Å². The summed E-state index contributed by atoms with van der Waals surface area (Å²) in [6.07, 6.45) is -5.26. The maximum Gasteiger partial charge on any atom is 0.417 e. The first-order valence-corrected chi connectivity index (χ1v) is 17.3. The third-order valence-corrected chi connectivity index (χ3v) is 8.19. The van der Waals surface area contributed by atoms with Gasteiger partial charge in [-0.15, -0.1) is 0 Å². The Morgan fingerprint density at radius 1 is 0.830 bits per heavy atom. The highest BCUT2D eigenvalue weighted by Gasteiger charge is 2.50. The molecule has 1 aliphatic rings. The number of carbonyl (C=O) groups excluding carboxylic acids is 2. The summed E-state index contributed by atoms with van der Waals surface area (Å²) in [7, 11) is 0.